The molecule has 0 heterocycles. The molecule has 5 heteroatoms. The Kier molecular flexibility index (Phi) is 3.18. The molecule has 76 valence electrons. The molecule has 2 nitrogen and oxygen atoms in total. The number of hydrogen-bond donors (Lipinski definition) is 0. The fourth-order valence-electron chi connectivity index (χ4n) is 1.03. The lowest BCUT2D eigenvalue weighted by molar-refractivity contribution is -0.429. The predicted octanol–water partition coefficient (Wildman–Crippen LogP) is 3.44. The van der Waals surface area contributed by atoms with Crippen molar-refractivity contribution in [3.8, 4) is 0 Å². The number of alkyl halides is 2. The predicted molar refractivity (Wildman–Crippen MR) is 57.9 cm³/mol. The summed E-state index contributed by atoms with van der Waals surface area (Å²) in [5.41, 5.74) is 0.125. The van der Waals surface area contributed by atoms with E-state index in [0.29, 0.717) is 8.33 Å². The van der Waals surface area contributed by atoms with E-state index < -0.39 is 5.92 Å². The lowest BCUT2D eigenvalue weighted by Crippen LogP contribution is -2.08. The maximum atomic E-state index is 12.9. The van der Waals surface area contributed by atoms with Gasteiger partial charge in [0.2, 0.25) is 0 Å². The molecule has 0 saturated heterocycles. The van der Waals surface area contributed by atoms with Crippen LogP contribution in [0.25, 0.3) is 0 Å². The number of nitrogens with zero attached hydrogens (tertiary/aromatic N) is 1. The molecular weight excluding hydrogens is 303 g/mol. The van der Waals surface area contributed by atoms with Gasteiger partial charge in [0.1, 0.15) is 0 Å². The third kappa shape index (κ3) is 2.46. The molecule has 0 radical (unpaired) electrons. The summed E-state index contributed by atoms with van der Waals surface area (Å²) in [5, 5.41) is 0. The topological polar surface area (TPSA) is 20.1 Å². The van der Waals surface area contributed by atoms with Gasteiger partial charge < -0.3 is 0 Å². The van der Waals surface area contributed by atoms with Gasteiger partial charge >= 0.3 is 0 Å². The summed E-state index contributed by atoms with van der Waals surface area (Å²) in [6.07, 6.45) is 0. The van der Waals surface area contributed by atoms with Crippen LogP contribution in [0.3, 0.4) is 0 Å². The van der Waals surface area contributed by atoms with Crippen molar-refractivity contribution in [2.24, 2.45) is 0 Å². The molecule has 0 aliphatic carbocycles. The summed E-state index contributed by atoms with van der Waals surface area (Å²) in [7, 11) is 1.29. The maximum absolute atomic E-state index is 12.9. The van der Waals surface area contributed by atoms with Gasteiger partial charge in [-0.25, -0.2) is 8.78 Å². The van der Waals surface area contributed by atoms with Crippen LogP contribution in [0.4, 0.5) is 14.5 Å². The number of nitroso groups, excluding NO2 is 1. The van der Waals surface area contributed by atoms with Crippen LogP contribution in [0.1, 0.15) is 12.5 Å². The van der Waals surface area contributed by atoms with Crippen molar-refractivity contribution in [3.05, 3.63) is 32.2 Å². The average Bonchev–Trinajstić information content (AvgIpc) is 2.02. The van der Waals surface area contributed by atoms with E-state index in [4.69, 9.17) is 0 Å². The third-order valence-corrected chi connectivity index (χ3v) is 2.70. The summed E-state index contributed by atoms with van der Waals surface area (Å²) in [5.74, 6) is -2.91. The van der Waals surface area contributed by atoms with Crippen LogP contribution in [0.15, 0.2) is 18.2 Å². The van der Waals surface area contributed by atoms with Crippen molar-refractivity contribution >= 4 is 28.3 Å². The highest BCUT2D eigenvalue weighted by atomic mass is 127. The fourth-order valence-corrected chi connectivity index (χ4v) is 1.70. The van der Waals surface area contributed by atoms with Gasteiger partial charge in [-0.05, 0) is 28.7 Å². The van der Waals surface area contributed by atoms with Crippen LogP contribution >= 0.6 is 22.6 Å². The van der Waals surface area contributed by atoms with Gasteiger partial charge in [0, 0.05) is 28.2 Å². The first-order chi connectivity index (χ1) is 6.32. The lowest BCUT2D eigenvalue weighted by Gasteiger charge is -2.09. The molecule has 0 atom stereocenters. The largest absolute Gasteiger partial charge is 0.270 e. The molecular formula is C9H9F2INO+. The molecule has 1 aromatic carbocycles. The van der Waals surface area contributed by atoms with Crippen LogP contribution in [-0.2, 0) is 5.92 Å². The fraction of sp³-hybridized carbons (Fsp3) is 0.333. The van der Waals surface area contributed by atoms with Crippen molar-refractivity contribution in [3.63, 3.8) is 0 Å². The second kappa shape index (κ2) is 3.88. The van der Waals surface area contributed by atoms with Crippen LogP contribution in [0.5, 0.6) is 0 Å². The lowest BCUT2D eigenvalue weighted by atomic mass is 10.1. The Hall–Kier alpha value is -0.590. The molecule has 0 amide bonds. The average molecular weight is 312 g/mol. The minimum absolute atomic E-state index is 0.143. The highest BCUT2D eigenvalue weighted by molar-refractivity contribution is 14.1. The Bertz CT molecular complexity index is 374. The molecule has 0 aliphatic rings. The second-order valence-electron chi connectivity index (χ2n) is 3.05. The Morgan fingerprint density at radius 3 is 2.43 bits per heavy atom. The summed E-state index contributed by atoms with van der Waals surface area (Å²) in [6.45, 7) is 0.809. The summed E-state index contributed by atoms with van der Waals surface area (Å²) < 4.78 is 27.1. The standard InChI is InChI=1S/C9H9F2INO/c1-9(10,11)6-3-4-7(12)8(5-6)13(2)14/h3-5H,1-2H3/q+1. The van der Waals surface area contributed by atoms with Crippen LogP contribution in [0, 0.1) is 8.48 Å². The molecule has 14 heavy (non-hydrogen) atoms. The molecule has 0 spiro atoms. The SMILES string of the molecule is C[N+](=O)c1cc(C(C)(F)F)ccc1I. The van der Waals surface area contributed by atoms with E-state index >= 15 is 0 Å². The maximum Gasteiger partial charge on any atom is 0.270 e. The van der Waals surface area contributed by atoms with Crippen LogP contribution in [-0.4, -0.2) is 11.8 Å². The number of rotatable bonds is 2. The normalized spacial score (nSPS) is 11.5. The van der Waals surface area contributed by atoms with Crippen molar-refractivity contribution in [2.75, 3.05) is 7.05 Å². The third-order valence-electron chi connectivity index (χ3n) is 1.79. The van der Waals surface area contributed by atoms with Crippen LogP contribution in [0.2, 0.25) is 0 Å². The van der Waals surface area contributed by atoms with E-state index in [1.807, 2.05) is 22.6 Å². The molecule has 0 unspecified atom stereocenters. The quantitative estimate of drug-likeness (QED) is 0.605. The zero-order valence-corrected chi connectivity index (χ0v) is 9.88. The zero-order chi connectivity index (χ0) is 10.9. The van der Waals surface area contributed by atoms with Gasteiger partial charge in [0.05, 0.1) is 3.57 Å². The summed E-state index contributed by atoms with van der Waals surface area (Å²) >= 11 is 1.93. The monoisotopic (exact) mass is 312 g/mol. The molecule has 0 aliphatic heterocycles. The molecule has 1 rings (SSSR count). The van der Waals surface area contributed by atoms with Gasteiger partial charge in [-0.2, -0.15) is 0 Å². The molecule has 0 N–H and O–H groups in total. The van der Waals surface area contributed by atoms with E-state index in [-0.39, 0.29) is 11.3 Å². The van der Waals surface area contributed by atoms with E-state index in [2.05, 4.69) is 0 Å². The Morgan fingerprint density at radius 2 is 2.00 bits per heavy atom. The van der Waals surface area contributed by atoms with Crippen LogP contribution < -0.4 is 0 Å². The number of hydrogen-bond acceptors (Lipinski definition) is 1. The van der Waals surface area contributed by atoms with Crippen molar-refractivity contribution in [1.29, 1.82) is 0 Å². The highest BCUT2D eigenvalue weighted by Crippen LogP contribution is 2.31. The van der Waals surface area contributed by atoms with E-state index in [9.17, 15) is 13.7 Å². The number of benzene rings is 1. The molecule has 1 aromatic rings. The molecule has 0 saturated carbocycles. The first-order valence-electron chi connectivity index (χ1n) is 3.91. The van der Waals surface area contributed by atoms with Crippen molar-refractivity contribution < 1.29 is 13.5 Å². The summed E-state index contributed by atoms with van der Waals surface area (Å²) in [6, 6.07) is 4.06. The first kappa shape index (κ1) is 11.5. The van der Waals surface area contributed by atoms with Crippen molar-refractivity contribution in [2.45, 2.75) is 12.8 Å². The second-order valence-corrected chi connectivity index (χ2v) is 4.21. The molecule has 0 bridgehead atoms. The first-order valence-corrected chi connectivity index (χ1v) is 4.99. The van der Waals surface area contributed by atoms with Crippen molar-refractivity contribution in [1.82, 2.24) is 0 Å². The number of halogens is 3. The minimum atomic E-state index is -2.91. The van der Waals surface area contributed by atoms with Gasteiger partial charge in [-0.3, -0.25) is 0 Å². The van der Waals surface area contributed by atoms with E-state index in [1.165, 1.54) is 25.2 Å². The summed E-state index contributed by atoms with van der Waals surface area (Å²) in [4.78, 5) is 11.0. The Balaban J connectivity index is 3.27. The highest BCUT2D eigenvalue weighted by Gasteiger charge is 2.27. The Labute approximate surface area is 94.0 Å². The Morgan fingerprint density at radius 1 is 1.43 bits per heavy atom. The molecule has 0 aromatic heterocycles. The van der Waals surface area contributed by atoms with E-state index in [0.717, 1.165) is 6.92 Å². The molecule has 0 fully saturated rings. The van der Waals surface area contributed by atoms with Gasteiger partial charge in [-0.15, -0.1) is 0 Å². The van der Waals surface area contributed by atoms with Gasteiger partial charge in [0.25, 0.3) is 11.6 Å². The minimum Gasteiger partial charge on any atom is -0.202 e. The van der Waals surface area contributed by atoms with Gasteiger partial charge in [0.15, 0.2) is 7.05 Å². The smallest absolute Gasteiger partial charge is 0.202 e. The zero-order valence-electron chi connectivity index (χ0n) is 7.72. The van der Waals surface area contributed by atoms with Gasteiger partial charge in [-0.1, -0.05) is 6.07 Å². The van der Waals surface area contributed by atoms with E-state index in [1.54, 1.807) is 0 Å².